The third kappa shape index (κ3) is 4.18. The van der Waals surface area contributed by atoms with Crippen LogP contribution in [0.25, 0.3) is 0 Å². The van der Waals surface area contributed by atoms with E-state index in [4.69, 9.17) is 16.4 Å². The van der Waals surface area contributed by atoms with Crippen molar-refractivity contribution in [2.75, 3.05) is 5.32 Å². The molecule has 0 saturated heterocycles. The molecular formula is C8H9ClN2O3S. The Balaban J connectivity index is 3.01. The van der Waals surface area contributed by atoms with Crippen molar-refractivity contribution in [1.29, 1.82) is 0 Å². The van der Waals surface area contributed by atoms with Crippen LogP contribution in [-0.2, 0) is 14.8 Å². The second-order valence-corrected chi connectivity index (χ2v) is 5.61. The lowest BCUT2D eigenvalue weighted by atomic mass is 10.2. The fraction of sp³-hybridized carbons (Fsp3) is 0.125. The summed E-state index contributed by atoms with van der Waals surface area (Å²) in [7, 11) is 1.45. The number of primary amides is 1. The first-order valence-corrected chi connectivity index (χ1v) is 6.43. The maximum Gasteiger partial charge on any atom is 0.316 e. The van der Waals surface area contributed by atoms with Gasteiger partial charge in [0.25, 0.3) is 0 Å². The Morgan fingerprint density at radius 1 is 1.40 bits per heavy atom. The fourth-order valence-corrected chi connectivity index (χ4v) is 2.06. The third-order valence-corrected chi connectivity index (χ3v) is 2.59. The van der Waals surface area contributed by atoms with Gasteiger partial charge in [-0.05, 0) is 11.6 Å². The van der Waals surface area contributed by atoms with Gasteiger partial charge in [-0.15, -0.1) is 0 Å². The number of rotatable bonds is 3. The van der Waals surface area contributed by atoms with Crippen molar-refractivity contribution >= 4 is 31.5 Å². The van der Waals surface area contributed by atoms with Gasteiger partial charge < -0.3 is 11.1 Å². The molecule has 1 aromatic carbocycles. The van der Waals surface area contributed by atoms with Crippen LogP contribution in [0.3, 0.4) is 0 Å². The molecule has 0 aliphatic rings. The molecule has 3 N–H and O–H groups in total. The number of hydrogen-bond acceptors (Lipinski definition) is 3. The first-order valence-electron chi connectivity index (χ1n) is 3.95. The lowest BCUT2D eigenvalue weighted by Gasteiger charge is -2.07. The molecule has 82 valence electrons. The van der Waals surface area contributed by atoms with E-state index < -0.39 is 15.1 Å². The molecule has 5 nitrogen and oxygen atoms in total. The molecule has 15 heavy (non-hydrogen) atoms. The minimum atomic E-state index is -3.66. The van der Waals surface area contributed by atoms with Crippen molar-refractivity contribution in [2.24, 2.45) is 5.73 Å². The van der Waals surface area contributed by atoms with Crippen LogP contribution in [0.1, 0.15) is 5.56 Å². The van der Waals surface area contributed by atoms with E-state index in [2.05, 4.69) is 5.32 Å². The van der Waals surface area contributed by atoms with E-state index in [0.717, 1.165) is 0 Å². The zero-order chi connectivity index (χ0) is 11.5. The van der Waals surface area contributed by atoms with E-state index in [-0.39, 0.29) is 5.75 Å². The molecule has 0 saturated carbocycles. The zero-order valence-corrected chi connectivity index (χ0v) is 9.18. The summed E-state index contributed by atoms with van der Waals surface area (Å²) in [6, 6.07) is 5.63. The van der Waals surface area contributed by atoms with E-state index >= 15 is 0 Å². The van der Waals surface area contributed by atoms with E-state index in [9.17, 15) is 13.2 Å². The monoisotopic (exact) mass is 248 g/mol. The molecule has 0 aliphatic heterocycles. The Kier molecular flexibility index (Phi) is 3.54. The lowest BCUT2D eigenvalue weighted by molar-refractivity contribution is 0.259. The molecule has 0 radical (unpaired) electrons. The minimum Gasteiger partial charge on any atom is -0.351 e. The Morgan fingerprint density at radius 3 is 2.53 bits per heavy atom. The number of nitrogens with two attached hydrogens (primary N) is 1. The van der Waals surface area contributed by atoms with E-state index in [1.165, 1.54) is 0 Å². The van der Waals surface area contributed by atoms with Crippen LogP contribution in [0.15, 0.2) is 24.3 Å². The Bertz CT molecular complexity index is 473. The average molecular weight is 249 g/mol. The summed E-state index contributed by atoms with van der Waals surface area (Å²) in [5.74, 6) is -0.356. The summed E-state index contributed by atoms with van der Waals surface area (Å²) < 4.78 is 21.7. The first-order chi connectivity index (χ1) is 6.88. The van der Waals surface area contributed by atoms with Gasteiger partial charge in [0, 0.05) is 16.4 Å². The maximum absolute atomic E-state index is 10.9. The molecule has 0 unspecified atom stereocenters. The Labute approximate surface area is 91.6 Å². The first kappa shape index (κ1) is 11.8. The van der Waals surface area contributed by atoms with Crippen molar-refractivity contribution in [3.63, 3.8) is 0 Å². The van der Waals surface area contributed by atoms with Gasteiger partial charge in [0.2, 0.25) is 9.05 Å². The number of carbonyl (C=O) groups is 1. The summed E-state index contributed by atoms with van der Waals surface area (Å²) in [6.45, 7) is 0. The van der Waals surface area contributed by atoms with Crippen LogP contribution < -0.4 is 11.1 Å². The molecule has 1 rings (SSSR count). The van der Waals surface area contributed by atoms with E-state index in [0.29, 0.717) is 11.3 Å². The number of hydrogen-bond donors (Lipinski definition) is 2. The molecule has 0 spiro atoms. The molecule has 0 bridgehead atoms. The highest BCUT2D eigenvalue weighted by atomic mass is 35.7. The molecule has 2 amide bonds. The standard InChI is InChI=1S/C8H9ClN2O3S/c9-15(13,14)5-6-3-1-2-4-7(6)11-8(10)12/h1-4H,5H2,(H3,10,11,12). The third-order valence-electron chi connectivity index (χ3n) is 1.60. The molecule has 0 fully saturated rings. The quantitative estimate of drug-likeness (QED) is 0.789. The molecule has 0 aliphatic carbocycles. The highest BCUT2D eigenvalue weighted by Crippen LogP contribution is 2.19. The molecule has 0 atom stereocenters. The largest absolute Gasteiger partial charge is 0.351 e. The van der Waals surface area contributed by atoms with Crippen LogP contribution in [0.2, 0.25) is 0 Å². The highest BCUT2D eigenvalue weighted by Gasteiger charge is 2.11. The number of anilines is 1. The van der Waals surface area contributed by atoms with Crippen LogP contribution in [-0.4, -0.2) is 14.4 Å². The maximum atomic E-state index is 10.9. The molecule has 1 aromatic rings. The predicted molar refractivity (Wildman–Crippen MR) is 58.1 cm³/mol. The topological polar surface area (TPSA) is 89.3 Å². The molecular weight excluding hydrogens is 240 g/mol. The van der Waals surface area contributed by atoms with Crippen LogP contribution in [0, 0.1) is 0 Å². The summed E-state index contributed by atoms with van der Waals surface area (Å²) in [5, 5.41) is 2.31. The molecule has 0 aromatic heterocycles. The Hall–Kier alpha value is -1.27. The molecule has 0 heterocycles. The summed E-state index contributed by atoms with van der Waals surface area (Å²) >= 11 is 0. The van der Waals surface area contributed by atoms with Crippen LogP contribution >= 0.6 is 10.7 Å². The predicted octanol–water partition coefficient (Wildman–Crippen LogP) is 1.25. The zero-order valence-electron chi connectivity index (χ0n) is 7.60. The van der Waals surface area contributed by atoms with Crippen molar-refractivity contribution in [3.05, 3.63) is 29.8 Å². The SMILES string of the molecule is NC(=O)Nc1ccccc1CS(=O)(=O)Cl. The second-order valence-electron chi connectivity index (χ2n) is 2.83. The van der Waals surface area contributed by atoms with Gasteiger partial charge in [0.1, 0.15) is 0 Å². The number of amides is 2. The van der Waals surface area contributed by atoms with E-state index in [1.807, 2.05) is 0 Å². The van der Waals surface area contributed by atoms with Gasteiger partial charge in [0.05, 0.1) is 5.75 Å². The van der Waals surface area contributed by atoms with Crippen molar-refractivity contribution in [1.82, 2.24) is 0 Å². The van der Waals surface area contributed by atoms with Crippen molar-refractivity contribution in [3.8, 4) is 0 Å². The van der Waals surface area contributed by atoms with Crippen LogP contribution in [0.5, 0.6) is 0 Å². The number of benzene rings is 1. The van der Waals surface area contributed by atoms with Gasteiger partial charge in [-0.3, -0.25) is 0 Å². The van der Waals surface area contributed by atoms with Gasteiger partial charge in [-0.1, -0.05) is 18.2 Å². The van der Waals surface area contributed by atoms with Crippen molar-refractivity contribution < 1.29 is 13.2 Å². The number of urea groups is 1. The van der Waals surface area contributed by atoms with Gasteiger partial charge in [-0.2, -0.15) is 0 Å². The lowest BCUT2D eigenvalue weighted by Crippen LogP contribution is -2.20. The Morgan fingerprint density at radius 2 is 2.00 bits per heavy atom. The summed E-state index contributed by atoms with van der Waals surface area (Å²) in [4.78, 5) is 10.6. The number of nitrogens with one attached hydrogen (secondary N) is 1. The number of para-hydroxylation sites is 1. The molecule has 7 heteroatoms. The van der Waals surface area contributed by atoms with E-state index in [1.54, 1.807) is 24.3 Å². The minimum absolute atomic E-state index is 0.342. The number of carbonyl (C=O) groups excluding carboxylic acids is 1. The second kappa shape index (κ2) is 4.50. The fourth-order valence-electron chi connectivity index (χ4n) is 1.09. The van der Waals surface area contributed by atoms with Crippen LogP contribution in [0.4, 0.5) is 10.5 Å². The highest BCUT2D eigenvalue weighted by molar-refractivity contribution is 8.13. The average Bonchev–Trinajstić information content (AvgIpc) is 2.05. The van der Waals surface area contributed by atoms with Gasteiger partial charge in [0.15, 0.2) is 0 Å². The van der Waals surface area contributed by atoms with Crippen molar-refractivity contribution in [2.45, 2.75) is 5.75 Å². The normalized spacial score (nSPS) is 11.0. The number of halogens is 1. The van der Waals surface area contributed by atoms with Gasteiger partial charge in [-0.25, -0.2) is 13.2 Å². The summed E-state index contributed by atoms with van der Waals surface area (Å²) in [5.41, 5.74) is 5.66. The van der Waals surface area contributed by atoms with Gasteiger partial charge >= 0.3 is 6.03 Å². The summed E-state index contributed by atoms with van der Waals surface area (Å²) in [6.07, 6.45) is 0. The smallest absolute Gasteiger partial charge is 0.316 e.